The Morgan fingerprint density at radius 2 is 1.90 bits per heavy atom. The van der Waals surface area contributed by atoms with E-state index in [1.54, 1.807) is 6.07 Å². The third-order valence-electron chi connectivity index (χ3n) is 4.36. The number of hydrogen-bond donors (Lipinski definition) is 1. The van der Waals surface area contributed by atoms with Crippen LogP contribution in [0.2, 0.25) is 10.0 Å². The van der Waals surface area contributed by atoms with Gasteiger partial charge >= 0.3 is 0 Å². The number of aliphatic imine (C=N–C) groups is 1. The monoisotopic (exact) mass is 484 g/mol. The Balaban J connectivity index is 1.83. The minimum atomic E-state index is -4.20. The summed E-state index contributed by atoms with van der Waals surface area (Å²) in [4.78, 5) is 16.0. The largest absolute Gasteiger partial charge is 0.283 e. The molecule has 3 rings (SSSR count). The molecule has 1 amide bonds. The van der Waals surface area contributed by atoms with Crippen molar-refractivity contribution in [3.05, 3.63) is 81.0 Å². The zero-order chi connectivity index (χ0) is 22.8. The second-order valence-electron chi connectivity index (χ2n) is 6.63. The van der Waals surface area contributed by atoms with Gasteiger partial charge in [0.2, 0.25) is 0 Å². The van der Waals surface area contributed by atoms with Crippen molar-refractivity contribution in [3.63, 3.8) is 0 Å². The molecule has 10 heteroatoms. The van der Waals surface area contributed by atoms with Crippen LogP contribution in [0.25, 0.3) is 6.08 Å². The highest BCUT2D eigenvalue weighted by Gasteiger charge is 2.29. The molecule has 31 heavy (non-hydrogen) atoms. The van der Waals surface area contributed by atoms with Gasteiger partial charge < -0.3 is 0 Å². The van der Waals surface area contributed by atoms with Crippen molar-refractivity contribution in [3.8, 4) is 0 Å². The topological polar surface area (TPSA) is 75.6 Å². The van der Waals surface area contributed by atoms with Crippen LogP contribution in [-0.4, -0.2) is 20.5 Å². The Morgan fingerprint density at radius 3 is 2.58 bits per heavy atom. The van der Waals surface area contributed by atoms with Crippen molar-refractivity contribution in [2.75, 3.05) is 0 Å². The predicted molar refractivity (Wildman–Crippen MR) is 117 cm³/mol. The first-order valence-corrected chi connectivity index (χ1v) is 11.2. The molecule has 0 radical (unpaired) electrons. The predicted octanol–water partition coefficient (Wildman–Crippen LogP) is 5.35. The lowest BCUT2D eigenvalue weighted by molar-refractivity contribution is -0.115. The number of nitrogens with zero attached hydrogens (tertiary/aromatic N) is 1. The number of nitrogens with one attached hydrogen (secondary N) is 1. The van der Waals surface area contributed by atoms with E-state index in [2.05, 4.69) is 4.99 Å². The third-order valence-corrected chi connectivity index (χ3v) is 6.41. The summed E-state index contributed by atoms with van der Waals surface area (Å²) in [5.74, 6) is -3.99. The summed E-state index contributed by atoms with van der Waals surface area (Å²) in [6.07, 6.45) is 3.77. The Labute approximate surface area is 188 Å². The van der Waals surface area contributed by atoms with Gasteiger partial charge in [-0.25, -0.2) is 21.9 Å². The fourth-order valence-electron chi connectivity index (χ4n) is 2.77. The summed E-state index contributed by atoms with van der Waals surface area (Å²) >= 11 is 11.9. The molecule has 0 spiro atoms. The van der Waals surface area contributed by atoms with E-state index in [4.69, 9.17) is 23.2 Å². The number of rotatable bonds is 6. The number of halogens is 4. The summed E-state index contributed by atoms with van der Waals surface area (Å²) in [7, 11) is -4.20. The first-order chi connectivity index (χ1) is 14.5. The molecule has 0 atom stereocenters. The van der Waals surface area contributed by atoms with Crippen molar-refractivity contribution >= 4 is 51.4 Å². The van der Waals surface area contributed by atoms with E-state index < -0.39 is 21.9 Å². The van der Waals surface area contributed by atoms with Gasteiger partial charge in [-0.3, -0.25) is 9.79 Å². The number of sulfonamides is 1. The van der Waals surface area contributed by atoms with Gasteiger partial charge in [-0.15, -0.1) is 0 Å². The first kappa shape index (κ1) is 23.1. The molecule has 2 aromatic carbocycles. The number of alkyl halides is 2. The van der Waals surface area contributed by atoms with Crippen LogP contribution in [0.1, 0.15) is 24.5 Å². The zero-order valence-corrected chi connectivity index (χ0v) is 18.4. The molecular weight excluding hydrogens is 469 g/mol. The normalized spacial score (nSPS) is 15.3. The molecule has 0 fully saturated rings. The molecule has 1 N–H and O–H groups in total. The Hall–Kier alpha value is -2.55. The lowest BCUT2D eigenvalue weighted by Gasteiger charge is -2.15. The van der Waals surface area contributed by atoms with Crippen molar-refractivity contribution < 1.29 is 22.0 Å². The fraction of sp³-hybridized carbons (Fsp3) is 0.143. The Morgan fingerprint density at radius 1 is 1.19 bits per heavy atom. The summed E-state index contributed by atoms with van der Waals surface area (Å²) in [5, 5.41) is 0.105. The molecule has 0 unspecified atom stereocenters. The van der Waals surface area contributed by atoms with Crippen LogP contribution in [0.3, 0.4) is 0 Å². The van der Waals surface area contributed by atoms with E-state index in [1.165, 1.54) is 61.7 Å². The quantitative estimate of drug-likeness (QED) is 0.599. The Bertz CT molecular complexity index is 1240. The maximum atomic E-state index is 14.0. The minimum Gasteiger partial charge on any atom is -0.266 e. The van der Waals surface area contributed by atoms with Crippen molar-refractivity contribution in [1.29, 1.82) is 0 Å². The molecule has 2 aromatic rings. The summed E-state index contributed by atoms with van der Waals surface area (Å²) in [6, 6.07) is 9.66. The highest BCUT2D eigenvalue weighted by molar-refractivity contribution is 7.90. The smallest absolute Gasteiger partial charge is 0.266 e. The average molecular weight is 485 g/mol. The van der Waals surface area contributed by atoms with Gasteiger partial charge in [0.25, 0.3) is 21.9 Å². The number of benzene rings is 2. The number of allylic oxidation sites excluding steroid dienone is 2. The van der Waals surface area contributed by atoms with Crippen LogP contribution in [0.15, 0.2) is 69.7 Å². The average Bonchev–Trinajstić information content (AvgIpc) is 3.16. The summed E-state index contributed by atoms with van der Waals surface area (Å²) in [5.41, 5.74) is 0.409. The van der Waals surface area contributed by atoms with Gasteiger partial charge in [-0.1, -0.05) is 42.3 Å². The number of carbonyl (C=O) groups excluding carboxylic acids is 1. The van der Waals surface area contributed by atoms with E-state index >= 15 is 0 Å². The molecule has 1 aliphatic heterocycles. The van der Waals surface area contributed by atoms with Gasteiger partial charge in [0.1, 0.15) is 10.6 Å². The summed E-state index contributed by atoms with van der Waals surface area (Å²) in [6.45, 7) is 1.37. The standard InChI is InChI=1S/C21H16Cl2F2N2O3S/c1-2-21(24,25)15-8-13(9-16(22)11-15)7-14-10-18(26-12-14)20(28)27-31(29,30)19-6-4-3-5-17(19)23/h3-12H,2H2,1H3,(H,27,28). The van der Waals surface area contributed by atoms with Crippen LogP contribution in [0, 0.1) is 0 Å². The highest BCUT2D eigenvalue weighted by Crippen LogP contribution is 2.34. The van der Waals surface area contributed by atoms with Crippen LogP contribution in [-0.2, 0) is 20.7 Å². The zero-order valence-electron chi connectivity index (χ0n) is 16.1. The molecule has 0 aliphatic carbocycles. The van der Waals surface area contributed by atoms with Crippen LogP contribution in [0.5, 0.6) is 0 Å². The van der Waals surface area contributed by atoms with Gasteiger partial charge in [0.15, 0.2) is 0 Å². The second-order valence-corrected chi connectivity index (χ2v) is 9.12. The maximum absolute atomic E-state index is 14.0. The SMILES string of the molecule is CCC(F)(F)c1cc(Cl)cc(C=C2C=NC(C(=O)NS(=O)(=O)c3ccccc3Cl)=C2)c1. The Kier molecular flexibility index (Phi) is 6.64. The summed E-state index contributed by atoms with van der Waals surface area (Å²) < 4.78 is 54.7. The fourth-order valence-corrected chi connectivity index (χ4v) is 4.50. The van der Waals surface area contributed by atoms with Crippen molar-refractivity contribution in [2.24, 2.45) is 4.99 Å². The van der Waals surface area contributed by atoms with Gasteiger partial charge in [-0.2, -0.15) is 0 Å². The molecular formula is C21H16Cl2F2N2O3S. The van der Waals surface area contributed by atoms with E-state index in [1.807, 2.05) is 4.72 Å². The molecule has 5 nitrogen and oxygen atoms in total. The van der Waals surface area contributed by atoms with Gasteiger partial charge in [0, 0.05) is 23.2 Å². The number of hydrogen-bond acceptors (Lipinski definition) is 4. The molecule has 1 heterocycles. The van der Waals surface area contributed by atoms with Crippen LogP contribution in [0.4, 0.5) is 8.78 Å². The number of amides is 1. The molecule has 1 aliphatic rings. The van der Waals surface area contributed by atoms with E-state index in [-0.39, 0.29) is 32.6 Å². The molecule has 0 saturated carbocycles. The van der Waals surface area contributed by atoms with E-state index in [0.29, 0.717) is 11.1 Å². The molecule has 0 bridgehead atoms. The van der Waals surface area contributed by atoms with Crippen molar-refractivity contribution in [1.82, 2.24) is 4.72 Å². The first-order valence-electron chi connectivity index (χ1n) is 9.00. The lowest BCUT2D eigenvalue weighted by atomic mass is 10.0. The van der Waals surface area contributed by atoms with Crippen LogP contribution >= 0.6 is 23.2 Å². The minimum absolute atomic E-state index is 0.0343. The molecule has 0 saturated heterocycles. The van der Waals surface area contributed by atoms with Gasteiger partial charge in [-0.05, 0) is 53.6 Å². The highest BCUT2D eigenvalue weighted by atomic mass is 35.5. The van der Waals surface area contributed by atoms with Crippen molar-refractivity contribution in [2.45, 2.75) is 24.2 Å². The van der Waals surface area contributed by atoms with E-state index in [0.717, 1.165) is 0 Å². The molecule has 162 valence electrons. The lowest BCUT2D eigenvalue weighted by Crippen LogP contribution is -2.31. The number of carbonyl (C=O) groups is 1. The van der Waals surface area contributed by atoms with Crippen LogP contribution < -0.4 is 4.72 Å². The van der Waals surface area contributed by atoms with Gasteiger partial charge in [0.05, 0.1) is 5.02 Å². The molecule has 0 aromatic heterocycles. The van der Waals surface area contributed by atoms with E-state index in [9.17, 15) is 22.0 Å². The maximum Gasteiger partial charge on any atom is 0.283 e. The second kappa shape index (κ2) is 8.90. The third kappa shape index (κ3) is 5.39.